The number of carbonyl (C=O) groups excluding carboxylic acids is 1. The fraction of sp³-hybridized carbons (Fsp3) is 0.647. The van der Waals surface area contributed by atoms with Gasteiger partial charge < -0.3 is 9.64 Å². The van der Waals surface area contributed by atoms with Crippen LogP contribution in [-0.2, 0) is 9.84 Å². The van der Waals surface area contributed by atoms with Gasteiger partial charge in [-0.2, -0.15) is 0 Å². The van der Waals surface area contributed by atoms with Crippen molar-refractivity contribution in [3.05, 3.63) is 23.9 Å². The minimum Gasteiger partial charge on any atom is -0.481 e. The third-order valence-corrected chi connectivity index (χ3v) is 6.54. The average Bonchev–Trinajstić information content (AvgIpc) is 2.89. The zero-order chi connectivity index (χ0) is 18.2. The Morgan fingerprint density at radius 1 is 1.32 bits per heavy atom. The van der Waals surface area contributed by atoms with Crippen LogP contribution in [0.15, 0.2) is 18.3 Å². The molecule has 1 aromatic heterocycles. The summed E-state index contributed by atoms with van der Waals surface area (Å²) in [6, 6.07) is 2.84. The molecule has 1 amide bonds. The lowest BCUT2D eigenvalue weighted by Gasteiger charge is -2.44. The van der Waals surface area contributed by atoms with Crippen LogP contribution in [0.4, 0.5) is 0 Å². The van der Waals surface area contributed by atoms with Crippen molar-refractivity contribution in [3.8, 4) is 5.88 Å². The van der Waals surface area contributed by atoms with E-state index in [-0.39, 0.29) is 29.5 Å². The van der Waals surface area contributed by atoms with Gasteiger partial charge in [0.2, 0.25) is 5.88 Å². The second-order valence-electron chi connectivity index (χ2n) is 7.19. The zero-order valence-electron chi connectivity index (χ0n) is 14.9. The Morgan fingerprint density at radius 2 is 2.04 bits per heavy atom. The normalized spacial score (nSPS) is 25.8. The Bertz CT molecular complexity index is 750. The van der Waals surface area contributed by atoms with E-state index in [4.69, 9.17) is 4.74 Å². The lowest BCUT2D eigenvalue weighted by atomic mass is 10.0. The summed E-state index contributed by atoms with van der Waals surface area (Å²) in [5.74, 6) is 0.848. The number of pyridine rings is 1. The van der Waals surface area contributed by atoms with E-state index < -0.39 is 9.84 Å². The van der Waals surface area contributed by atoms with Crippen LogP contribution in [-0.4, -0.2) is 79.4 Å². The first-order chi connectivity index (χ1) is 11.8. The molecular formula is C17H25N3O4S. The highest BCUT2D eigenvalue weighted by Gasteiger charge is 2.48. The van der Waals surface area contributed by atoms with Crippen molar-refractivity contribution in [1.82, 2.24) is 14.8 Å². The second-order valence-corrected chi connectivity index (χ2v) is 9.34. The molecule has 0 aromatic carbocycles. The van der Waals surface area contributed by atoms with Gasteiger partial charge in [0.1, 0.15) is 0 Å². The molecule has 0 aliphatic carbocycles. The third kappa shape index (κ3) is 3.79. The van der Waals surface area contributed by atoms with Crippen LogP contribution >= 0.6 is 0 Å². The van der Waals surface area contributed by atoms with E-state index in [0.29, 0.717) is 30.5 Å². The Balaban J connectivity index is 1.86. The first kappa shape index (κ1) is 18.1. The van der Waals surface area contributed by atoms with Crippen LogP contribution in [0.2, 0.25) is 0 Å². The molecule has 138 valence electrons. The molecular weight excluding hydrogens is 342 g/mol. The summed E-state index contributed by atoms with van der Waals surface area (Å²) < 4.78 is 29.6. The van der Waals surface area contributed by atoms with E-state index in [9.17, 15) is 13.2 Å². The summed E-state index contributed by atoms with van der Waals surface area (Å²) in [6.45, 7) is 6.33. The van der Waals surface area contributed by atoms with Gasteiger partial charge in [-0.1, -0.05) is 13.8 Å². The molecule has 0 bridgehead atoms. The number of sulfone groups is 1. The number of piperazine rings is 1. The van der Waals surface area contributed by atoms with Crippen LogP contribution in [0, 0.1) is 5.92 Å². The highest BCUT2D eigenvalue weighted by atomic mass is 32.2. The lowest BCUT2D eigenvalue weighted by molar-refractivity contribution is 0.0296. The van der Waals surface area contributed by atoms with E-state index in [0.717, 1.165) is 6.54 Å². The topological polar surface area (TPSA) is 79.8 Å². The summed E-state index contributed by atoms with van der Waals surface area (Å²) >= 11 is 0. The third-order valence-electron chi connectivity index (χ3n) is 4.84. The van der Waals surface area contributed by atoms with Crippen molar-refractivity contribution in [3.63, 3.8) is 0 Å². The number of rotatable bonds is 4. The smallest absolute Gasteiger partial charge is 0.254 e. The van der Waals surface area contributed by atoms with Crippen LogP contribution in [0.25, 0.3) is 0 Å². The number of methoxy groups -OCH3 is 1. The van der Waals surface area contributed by atoms with Crippen molar-refractivity contribution < 1.29 is 17.9 Å². The lowest BCUT2D eigenvalue weighted by Crippen LogP contribution is -2.61. The molecule has 0 spiro atoms. The van der Waals surface area contributed by atoms with Crippen molar-refractivity contribution in [2.24, 2.45) is 5.92 Å². The highest BCUT2D eigenvalue weighted by molar-refractivity contribution is 7.91. The van der Waals surface area contributed by atoms with Gasteiger partial charge in [-0.25, -0.2) is 13.4 Å². The summed E-state index contributed by atoms with van der Waals surface area (Å²) in [5.41, 5.74) is 0.479. The zero-order valence-corrected chi connectivity index (χ0v) is 15.7. The predicted molar refractivity (Wildman–Crippen MR) is 94.5 cm³/mol. The van der Waals surface area contributed by atoms with E-state index in [1.165, 1.54) is 13.3 Å². The summed E-state index contributed by atoms with van der Waals surface area (Å²) in [7, 11) is -1.63. The number of hydrogen-bond donors (Lipinski definition) is 0. The van der Waals surface area contributed by atoms with Crippen LogP contribution in [0.3, 0.4) is 0 Å². The molecule has 2 aliphatic heterocycles. The molecule has 2 saturated heterocycles. The molecule has 1 aromatic rings. The molecule has 0 unspecified atom stereocenters. The van der Waals surface area contributed by atoms with Gasteiger partial charge in [0.25, 0.3) is 5.91 Å². The Morgan fingerprint density at radius 3 is 2.72 bits per heavy atom. The maximum Gasteiger partial charge on any atom is 0.254 e. The number of ether oxygens (including phenoxy) is 1. The molecule has 3 rings (SSSR count). The number of hydrogen-bond acceptors (Lipinski definition) is 6. The molecule has 0 N–H and O–H groups in total. The van der Waals surface area contributed by atoms with E-state index in [1.54, 1.807) is 17.0 Å². The number of aromatic nitrogens is 1. The Hall–Kier alpha value is -1.67. The Kier molecular flexibility index (Phi) is 5.02. The molecule has 2 fully saturated rings. The maximum atomic E-state index is 13.0. The molecule has 25 heavy (non-hydrogen) atoms. The van der Waals surface area contributed by atoms with Crippen LogP contribution in [0.5, 0.6) is 5.88 Å². The number of fused-ring (bicyclic) bond motifs is 1. The molecule has 8 heteroatoms. The number of nitrogens with zero attached hydrogens (tertiary/aromatic N) is 3. The minimum absolute atomic E-state index is 0.0419. The first-order valence-corrected chi connectivity index (χ1v) is 10.4. The van der Waals surface area contributed by atoms with Gasteiger partial charge >= 0.3 is 0 Å². The van der Waals surface area contributed by atoms with Gasteiger partial charge in [-0.15, -0.1) is 0 Å². The first-order valence-electron chi connectivity index (χ1n) is 8.56. The van der Waals surface area contributed by atoms with Crippen molar-refractivity contribution in [1.29, 1.82) is 0 Å². The second kappa shape index (κ2) is 6.92. The van der Waals surface area contributed by atoms with E-state index in [2.05, 4.69) is 23.7 Å². The highest BCUT2D eigenvalue weighted by Crippen LogP contribution is 2.29. The molecule has 0 radical (unpaired) electrons. The summed E-state index contributed by atoms with van der Waals surface area (Å²) in [5, 5.41) is 0. The standard InChI is InChI=1S/C17H25N3O4S/c1-12(2)9-19-6-7-20(15-11-25(22,23)10-14(15)19)17(21)13-4-5-18-16(8-13)24-3/h4-5,8,12,14-15H,6-7,9-11H2,1-3H3/t14-,15+/m0/s1. The quantitative estimate of drug-likeness (QED) is 0.778. The van der Waals surface area contributed by atoms with Crippen LogP contribution in [0.1, 0.15) is 24.2 Å². The van der Waals surface area contributed by atoms with Crippen molar-refractivity contribution >= 4 is 15.7 Å². The summed E-state index contributed by atoms with van der Waals surface area (Å²) in [4.78, 5) is 21.0. The number of carbonyl (C=O) groups is 1. The predicted octanol–water partition coefficient (Wildman–Crippen LogP) is 0.670. The van der Waals surface area contributed by atoms with Gasteiger partial charge in [0.05, 0.1) is 24.7 Å². The number of amides is 1. The van der Waals surface area contributed by atoms with Gasteiger partial charge in [-0.05, 0) is 12.0 Å². The monoisotopic (exact) mass is 367 g/mol. The SMILES string of the molecule is COc1cc(C(=O)N2CCN(CC(C)C)[C@H]3CS(=O)(=O)C[C@H]32)ccn1. The van der Waals surface area contributed by atoms with Gasteiger partial charge in [-0.3, -0.25) is 9.69 Å². The molecule has 7 nitrogen and oxygen atoms in total. The molecule has 0 saturated carbocycles. The van der Waals surface area contributed by atoms with Crippen molar-refractivity contribution in [2.45, 2.75) is 25.9 Å². The Labute approximate surface area is 148 Å². The van der Waals surface area contributed by atoms with Crippen LogP contribution < -0.4 is 4.74 Å². The minimum atomic E-state index is -3.13. The summed E-state index contributed by atoms with van der Waals surface area (Å²) in [6.07, 6.45) is 1.53. The van der Waals surface area contributed by atoms with Crippen molar-refractivity contribution in [2.75, 3.05) is 38.2 Å². The molecule has 2 atom stereocenters. The maximum absolute atomic E-state index is 13.0. The largest absolute Gasteiger partial charge is 0.481 e. The van der Waals surface area contributed by atoms with E-state index >= 15 is 0 Å². The fourth-order valence-electron chi connectivity index (χ4n) is 3.79. The van der Waals surface area contributed by atoms with Gasteiger partial charge in [0.15, 0.2) is 9.84 Å². The van der Waals surface area contributed by atoms with Gasteiger partial charge in [0, 0.05) is 43.5 Å². The fourth-order valence-corrected chi connectivity index (χ4v) is 5.80. The average molecular weight is 367 g/mol. The molecule has 3 heterocycles. The van der Waals surface area contributed by atoms with E-state index in [1.807, 2.05) is 0 Å². The molecule has 2 aliphatic rings.